The topological polar surface area (TPSA) is 91.6 Å². The minimum absolute atomic E-state index is 0.0514. The van der Waals surface area contributed by atoms with Gasteiger partial charge in [0.25, 0.3) is 0 Å². The number of aromatic nitrogens is 1. The van der Waals surface area contributed by atoms with Crippen molar-refractivity contribution >= 4 is 22.8 Å². The summed E-state index contributed by atoms with van der Waals surface area (Å²) in [6.07, 6.45) is 1.80. The van der Waals surface area contributed by atoms with E-state index in [0.717, 1.165) is 22.0 Å². The summed E-state index contributed by atoms with van der Waals surface area (Å²) >= 11 is 0. The summed E-state index contributed by atoms with van der Waals surface area (Å²) in [5.74, 6) is -1.22. The van der Waals surface area contributed by atoms with Gasteiger partial charge in [0.1, 0.15) is 18.8 Å². The summed E-state index contributed by atoms with van der Waals surface area (Å²) in [4.78, 5) is 22.3. The number of aliphatic carboxylic acids is 1. The van der Waals surface area contributed by atoms with Gasteiger partial charge < -0.3 is 20.1 Å². The van der Waals surface area contributed by atoms with Gasteiger partial charge in [0, 0.05) is 11.7 Å². The second-order valence-electron chi connectivity index (χ2n) is 5.43. The van der Waals surface area contributed by atoms with Crippen LogP contribution < -0.4 is 5.32 Å². The zero-order valence-electron chi connectivity index (χ0n) is 12.8. The highest BCUT2D eigenvalue weighted by Gasteiger charge is 2.09. The molecule has 6 heteroatoms. The van der Waals surface area contributed by atoms with Gasteiger partial charge in [0.05, 0.1) is 0 Å². The molecule has 24 heavy (non-hydrogen) atoms. The molecule has 1 amide bonds. The molecule has 0 spiro atoms. The quantitative estimate of drug-likeness (QED) is 0.671. The van der Waals surface area contributed by atoms with Gasteiger partial charge in [-0.15, -0.1) is 0 Å². The number of hydrogen-bond donors (Lipinski definition) is 3. The molecule has 0 bridgehead atoms. The van der Waals surface area contributed by atoms with Crippen molar-refractivity contribution in [2.75, 3.05) is 6.54 Å². The van der Waals surface area contributed by atoms with Crippen molar-refractivity contribution in [3.8, 4) is 16.9 Å². The lowest BCUT2D eigenvalue weighted by molar-refractivity contribution is -0.138. The Morgan fingerprint density at radius 1 is 1.00 bits per heavy atom. The highest BCUT2D eigenvalue weighted by molar-refractivity contribution is 5.88. The van der Waals surface area contributed by atoms with E-state index in [0.29, 0.717) is 0 Å². The van der Waals surface area contributed by atoms with Crippen LogP contribution in [0.25, 0.3) is 22.0 Å². The van der Waals surface area contributed by atoms with Crippen LogP contribution in [0.15, 0.2) is 54.7 Å². The molecule has 1 heterocycles. The lowest BCUT2D eigenvalue weighted by Gasteiger charge is -2.08. The number of rotatable bonds is 5. The second-order valence-corrected chi connectivity index (χ2v) is 5.43. The van der Waals surface area contributed by atoms with E-state index in [-0.39, 0.29) is 18.2 Å². The Bertz CT molecular complexity index is 897. The first-order valence-corrected chi connectivity index (χ1v) is 7.40. The summed E-state index contributed by atoms with van der Waals surface area (Å²) in [7, 11) is 0. The number of nitrogens with one attached hydrogen (secondary N) is 1. The highest BCUT2D eigenvalue weighted by Crippen LogP contribution is 2.26. The third-order valence-electron chi connectivity index (χ3n) is 3.73. The van der Waals surface area contributed by atoms with E-state index in [1.54, 1.807) is 22.9 Å². The number of carboxylic acid groups (broad SMARTS) is 1. The number of aromatic hydroxyl groups is 1. The summed E-state index contributed by atoms with van der Waals surface area (Å²) in [6, 6.07) is 14.7. The fourth-order valence-electron chi connectivity index (χ4n) is 2.54. The van der Waals surface area contributed by atoms with Crippen molar-refractivity contribution in [2.45, 2.75) is 6.54 Å². The number of carbonyl (C=O) groups is 2. The zero-order valence-corrected chi connectivity index (χ0v) is 12.8. The Balaban J connectivity index is 1.87. The largest absolute Gasteiger partial charge is 0.508 e. The normalized spacial score (nSPS) is 10.7. The third kappa shape index (κ3) is 3.38. The maximum Gasteiger partial charge on any atom is 0.322 e. The van der Waals surface area contributed by atoms with Gasteiger partial charge in [0.2, 0.25) is 5.91 Å². The van der Waals surface area contributed by atoms with Gasteiger partial charge in [-0.1, -0.05) is 24.3 Å². The second kappa shape index (κ2) is 6.45. The van der Waals surface area contributed by atoms with Gasteiger partial charge in [-0.2, -0.15) is 0 Å². The van der Waals surface area contributed by atoms with Gasteiger partial charge in [-0.25, -0.2) is 0 Å². The van der Waals surface area contributed by atoms with Gasteiger partial charge in [0.15, 0.2) is 0 Å². The van der Waals surface area contributed by atoms with Crippen LogP contribution in [-0.4, -0.2) is 33.2 Å². The Morgan fingerprint density at radius 2 is 1.71 bits per heavy atom. The first kappa shape index (κ1) is 15.6. The Labute approximate surface area is 138 Å². The van der Waals surface area contributed by atoms with Crippen molar-refractivity contribution in [3.05, 3.63) is 54.7 Å². The van der Waals surface area contributed by atoms with Crippen molar-refractivity contribution in [2.24, 2.45) is 0 Å². The van der Waals surface area contributed by atoms with E-state index >= 15 is 0 Å². The average Bonchev–Trinajstić information content (AvgIpc) is 2.96. The minimum Gasteiger partial charge on any atom is -0.508 e. The Morgan fingerprint density at radius 3 is 2.42 bits per heavy atom. The molecule has 3 N–H and O–H groups in total. The van der Waals surface area contributed by atoms with Crippen molar-refractivity contribution < 1.29 is 19.8 Å². The Kier molecular flexibility index (Phi) is 4.20. The minimum atomic E-state index is -1.07. The summed E-state index contributed by atoms with van der Waals surface area (Å²) in [5.41, 5.74) is 2.80. The first-order chi connectivity index (χ1) is 11.5. The summed E-state index contributed by atoms with van der Waals surface area (Å²) in [6.45, 7) is -0.341. The molecule has 6 nitrogen and oxygen atoms in total. The molecule has 0 fully saturated rings. The van der Waals surface area contributed by atoms with E-state index in [4.69, 9.17) is 5.11 Å². The summed E-state index contributed by atoms with van der Waals surface area (Å²) < 4.78 is 1.77. The van der Waals surface area contributed by atoms with E-state index in [1.165, 1.54) is 0 Å². The molecule has 2 aromatic carbocycles. The van der Waals surface area contributed by atoms with Crippen LogP contribution in [0.5, 0.6) is 5.75 Å². The maximum atomic E-state index is 11.8. The maximum absolute atomic E-state index is 11.8. The fraction of sp³-hybridized carbons (Fsp3) is 0.111. The molecule has 1 aromatic heterocycles. The van der Waals surface area contributed by atoms with E-state index in [9.17, 15) is 14.7 Å². The molecular formula is C18H16N2O4. The number of hydrogen-bond acceptors (Lipinski definition) is 3. The number of carbonyl (C=O) groups excluding carboxylic acids is 1. The molecule has 0 unspecified atom stereocenters. The molecule has 0 atom stereocenters. The van der Waals surface area contributed by atoms with Crippen LogP contribution in [0, 0.1) is 0 Å². The van der Waals surface area contributed by atoms with Gasteiger partial charge >= 0.3 is 5.97 Å². The Hall–Kier alpha value is -3.28. The average molecular weight is 324 g/mol. The molecule has 0 aliphatic heterocycles. The van der Waals surface area contributed by atoms with E-state index in [1.807, 2.05) is 36.4 Å². The number of benzene rings is 2. The van der Waals surface area contributed by atoms with Crippen LogP contribution in [0.2, 0.25) is 0 Å². The number of phenolic OH excluding ortho intramolecular Hbond substituents is 1. The predicted octanol–water partition coefficient (Wildman–Crippen LogP) is 2.21. The molecule has 0 aliphatic rings. The molecule has 0 radical (unpaired) electrons. The molecule has 3 aromatic rings. The van der Waals surface area contributed by atoms with Crippen LogP contribution in [0.4, 0.5) is 0 Å². The van der Waals surface area contributed by atoms with Crippen LogP contribution in [-0.2, 0) is 16.1 Å². The standard InChI is InChI=1S/C18H16N2O4/c21-15-5-3-12(4-6-15)14-2-1-13-7-8-20(16(13)9-14)11-17(22)19-10-18(23)24/h1-9,21H,10-11H2,(H,19,22)(H,23,24). The van der Waals surface area contributed by atoms with Gasteiger partial charge in [-0.3, -0.25) is 9.59 Å². The SMILES string of the molecule is O=C(O)CNC(=O)Cn1ccc2ccc(-c3ccc(O)cc3)cc21. The molecule has 122 valence electrons. The van der Waals surface area contributed by atoms with Crippen LogP contribution >= 0.6 is 0 Å². The molecule has 0 aliphatic carbocycles. The first-order valence-electron chi connectivity index (χ1n) is 7.40. The van der Waals surface area contributed by atoms with Crippen LogP contribution in [0.1, 0.15) is 0 Å². The van der Waals surface area contributed by atoms with E-state index in [2.05, 4.69) is 5.32 Å². The third-order valence-corrected chi connectivity index (χ3v) is 3.73. The smallest absolute Gasteiger partial charge is 0.322 e. The molecule has 0 saturated carbocycles. The number of fused-ring (bicyclic) bond motifs is 1. The molecule has 0 saturated heterocycles. The lowest BCUT2D eigenvalue weighted by Crippen LogP contribution is -2.31. The van der Waals surface area contributed by atoms with Gasteiger partial charge in [-0.05, 0) is 40.8 Å². The monoisotopic (exact) mass is 324 g/mol. The lowest BCUT2D eigenvalue weighted by atomic mass is 10.0. The molecular weight excluding hydrogens is 308 g/mol. The molecule has 3 rings (SSSR count). The number of nitrogens with zero attached hydrogens (tertiary/aromatic N) is 1. The van der Waals surface area contributed by atoms with Crippen molar-refractivity contribution in [1.29, 1.82) is 0 Å². The zero-order chi connectivity index (χ0) is 17.1. The summed E-state index contributed by atoms with van der Waals surface area (Å²) in [5, 5.41) is 21.3. The van der Waals surface area contributed by atoms with Crippen LogP contribution in [0.3, 0.4) is 0 Å². The highest BCUT2D eigenvalue weighted by atomic mass is 16.4. The fourth-order valence-corrected chi connectivity index (χ4v) is 2.54. The number of phenols is 1. The van der Waals surface area contributed by atoms with Crippen molar-refractivity contribution in [3.63, 3.8) is 0 Å². The number of carboxylic acids is 1. The predicted molar refractivity (Wildman–Crippen MR) is 89.7 cm³/mol. The number of amides is 1. The van der Waals surface area contributed by atoms with Crippen molar-refractivity contribution in [1.82, 2.24) is 9.88 Å². The van der Waals surface area contributed by atoms with E-state index < -0.39 is 12.5 Å².